The van der Waals surface area contributed by atoms with Crippen LogP contribution in [-0.2, 0) is 19.4 Å². The third-order valence-electron chi connectivity index (χ3n) is 4.03. The summed E-state index contributed by atoms with van der Waals surface area (Å²) in [6, 6.07) is 2.53. The molecule has 0 saturated carbocycles. The quantitative estimate of drug-likeness (QED) is 0.805. The third-order valence-corrected chi connectivity index (χ3v) is 5.22. The van der Waals surface area contributed by atoms with Crippen LogP contribution in [0.3, 0.4) is 0 Å². The zero-order valence-electron chi connectivity index (χ0n) is 12.7. The number of thiophene rings is 1. The van der Waals surface area contributed by atoms with Crippen LogP contribution in [0.2, 0.25) is 0 Å². The Hall–Kier alpha value is -2.02. The Labute approximate surface area is 132 Å². The normalized spacial score (nSPS) is 17.6. The fraction of sp³-hybridized carbons (Fsp3) is 0.467. The van der Waals surface area contributed by atoms with Gasteiger partial charge in [0.25, 0.3) is 0 Å². The Morgan fingerprint density at radius 1 is 1.41 bits per heavy atom. The Bertz CT molecular complexity index is 821. The SMILES string of the molecule is CCc1cc2c(N[C@H]3CCc4nc(C)nn4C3)ncnc2s1. The zero-order valence-corrected chi connectivity index (χ0v) is 13.5. The Morgan fingerprint density at radius 3 is 3.18 bits per heavy atom. The van der Waals surface area contributed by atoms with Crippen LogP contribution < -0.4 is 5.32 Å². The summed E-state index contributed by atoms with van der Waals surface area (Å²) in [6.07, 6.45) is 4.69. The molecular formula is C15H18N6S. The van der Waals surface area contributed by atoms with Crippen LogP contribution in [0.15, 0.2) is 12.4 Å². The summed E-state index contributed by atoms with van der Waals surface area (Å²) < 4.78 is 2.01. The maximum atomic E-state index is 4.46. The van der Waals surface area contributed by atoms with Gasteiger partial charge in [-0.25, -0.2) is 19.6 Å². The minimum Gasteiger partial charge on any atom is -0.365 e. The summed E-state index contributed by atoms with van der Waals surface area (Å²) >= 11 is 1.75. The van der Waals surface area contributed by atoms with Crippen LogP contribution in [0.5, 0.6) is 0 Å². The average molecular weight is 314 g/mol. The highest BCUT2D eigenvalue weighted by Crippen LogP contribution is 2.29. The second-order valence-corrected chi connectivity index (χ2v) is 6.76. The van der Waals surface area contributed by atoms with Gasteiger partial charge < -0.3 is 5.32 Å². The van der Waals surface area contributed by atoms with Crippen LogP contribution in [0.25, 0.3) is 10.2 Å². The van der Waals surface area contributed by atoms with Gasteiger partial charge >= 0.3 is 0 Å². The molecule has 4 heterocycles. The molecule has 0 aliphatic carbocycles. The van der Waals surface area contributed by atoms with Crippen molar-refractivity contribution in [3.8, 4) is 0 Å². The topological polar surface area (TPSA) is 68.5 Å². The van der Waals surface area contributed by atoms with Crippen molar-refractivity contribution in [1.29, 1.82) is 0 Å². The Morgan fingerprint density at radius 2 is 2.32 bits per heavy atom. The fourth-order valence-corrected chi connectivity index (χ4v) is 3.87. The predicted molar refractivity (Wildman–Crippen MR) is 87.3 cm³/mol. The van der Waals surface area contributed by atoms with Gasteiger partial charge in [0.2, 0.25) is 0 Å². The standard InChI is InChI=1S/C15H18N6S/c1-3-11-6-12-14(16-8-17-15(12)22-11)19-10-4-5-13-18-9(2)20-21(13)7-10/h6,8,10H,3-5,7H2,1-2H3,(H,16,17,19)/t10-/m0/s1. The molecule has 7 heteroatoms. The van der Waals surface area contributed by atoms with Gasteiger partial charge in [-0.05, 0) is 25.8 Å². The molecule has 3 aromatic rings. The molecule has 3 aromatic heterocycles. The molecule has 0 saturated heterocycles. The Kier molecular flexibility index (Phi) is 3.29. The lowest BCUT2D eigenvalue weighted by atomic mass is 10.1. The first-order chi connectivity index (χ1) is 10.7. The van der Waals surface area contributed by atoms with Gasteiger partial charge in [-0.2, -0.15) is 5.10 Å². The van der Waals surface area contributed by atoms with E-state index in [-0.39, 0.29) is 0 Å². The van der Waals surface area contributed by atoms with E-state index >= 15 is 0 Å². The molecule has 4 rings (SSSR count). The molecular weight excluding hydrogens is 296 g/mol. The molecule has 0 radical (unpaired) electrons. The van der Waals surface area contributed by atoms with Crippen molar-refractivity contribution in [3.63, 3.8) is 0 Å². The zero-order chi connectivity index (χ0) is 15.1. The fourth-order valence-electron chi connectivity index (χ4n) is 2.94. The lowest BCUT2D eigenvalue weighted by molar-refractivity contribution is 0.440. The van der Waals surface area contributed by atoms with E-state index in [1.165, 1.54) is 4.88 Å². The first-order valence-corrected chi connectivity index (χ1v) is 8.45. The number of aromatic nitrogens is 5. The molecule has 1 atom stereocenters. The molecule has 0 aromatic carbocycles. The van der Waals surface area contributed by atoms with Crippen LogP contribution in [0, 0.1) is 6.92 Å². The number of fused-ring (bicyclic) bond motifs is 2. The van der Waals surface area contributed by atoms with E-state index in [9.17, 15) is 0 Å². The number of aryl methyl sites for hydroxylation is 3. The second-order valence-electron chi connectivity index (χ2n) is 5.64. The minimum atomic E-state index is 0.330. The van der Waals surface area contributed by atoms with Gasteiger partial charge in [-0.1, -0.05) is 6.92 Å². The van der Waals surface area contributed by atoms with Gasteiger partial charge in [0.05, 0.1) is 11.9 Å². The van der Waals surface area contributed by atoms with Crippen molar-refractivity contribution in [2.45, 2.75) is 45.7 Å². The maximum absolute atomic E-state index is 4.46. The van der Waals surface area contributed by atoms with Gasteiger partial charge in [-0.15, -0.1) is 11.3 Å². The number of nitrogens with zero attached hydrogens (tertiary/aromatic N) is 5. The first-order valence-electron chi connectivity index (χ1n) is 7.63. The van der Waals surface area contributed by atoms with Gasteiger partial charge in [-0.3, -0.25) is 0 Å². The van der Waals surface area contributed by atoms with E-state index in [1.54, 1.807) is 17.7 Å². The molecule has 0 spiro atoms. The van der Waals surface area contributed by atoms with Crippen molar-refractivity contribution < 1.29 is 0 Å². The molecule has 0 fully saturated rings. The van der Waals surface area contributed by atoms with Crippen LogP contribution in [0.4, 0.5) is 5.82 Å². The van der Waals surface area contributed by atoms with Crippen molar-refractivity contribution in [2.24, 2.45) is 0 Å². The summed E-state index contributed by atoms with van der Waals surface area (Å²) in [5.41, 5.74) is 0. The number of nitrogens with one attached hydrogen (secondary N) is 1. The van der Waals surface area contributed by atoms with Gasteiger partial charge in [0.15, 0.2) is 0 Å². The lowest BCUT2D eigenvalue weighted by Gasteiger charge is -2.24. The van der Waals surface area contributed by atoms with E-state index in [0.29, 0.717) is 6.04 Å². The molecule has 0 unspecified atom stereocenters. The summed E-state index contributed by atoms with van der Waals surface area (Å²) in [5, 5.41) is 9.17. The molecule has 22 heavy (non-hydrogen) atoms. The number of rotatable bonds is 3. The van der Waals surface area contributed by atoms with E-state index in [4.69, 9.17) is 0 Å². The van der Waals surface area contributed by atoms with Crippen LogP contribution in [0.1, 0.15) is 29.9 Å². The van der Waals surface area contributed by atoms with Crippen molar-refractivity contribution in [1.82, 2.24) is 24.7 Å². The smallest absolute Gasteiger partial charge is 0.147 e. The largest absolute Gasteiger partial charge is 0.365 e. The highest BCUT2D eigenvalue weighted by atomic mass is 32.1. The summed E-state index contributed by atoms with van der Waals surface area (Å²) in [7, 11) is 0. The van der Waals surface area contributed by atoms with E-state index in [0.717, 1.165) is 53.5 Å². The highest BCUT2D eigenvalue weighted by Gasteiger charge is 2.22. The van der Waals surface area contributed by atoms with Crippen LogP contribution >= 0.6 is 11.3 Å². The predicted octanol–water partition coefficient (Wildman–Crippen LogP) is 2.58. The monoisotopic (exact) mass is 314 g/mol. The lowest BCUT2D eigenvalue weighted by Crippen LogP contribution is -2.32. The molecule has 1 aliphatic rings. The van der Waals surface area contributed by atoms with Crippen LogP contribution in [-0.4, -0.2) is 30.8 Å². The van der Waals surface area contributed by atoms with E-state index in [1.807, 2.05) is 11.6 Å². The highest BCUT2D eigenvalue weighted by molar-refractivity contribution is 7.18. The summed E-state index contributed by atoms with van der Waals surface area (Å²) in [5.74, 6) is 2.88. The summed E-state index contributed by atoms with van der Waals surface area (Å²) in [4.78, 5) is 15.7. The Balaban J connectivity index is 1.60. The van der Waals surface area contributed by atoms with Crippen molar-refractivity contribution in [3.05, 3.63) is 28.9 Å². The number of hydrogen-bond acceptors (Lipinski definition) is 6. The number of anilines is 1. The minimum absolute atomic E-state index is 0.330. The second kappa shape index (κ2) is 5.31. The molecule has 114 valence electrons. The molecule has 0 amide bonds. The number of hydrogen-bond donors (Lipinski definition) is 1. The van der Waals surface area contributed by atoms with Crippen molar-refractivity contribution >= 4 is 27.4 Å². The van der Waals surface area contributed by atoms with E-state index < -0.39 is 0 Å². The van der Waals surface area contributed by atoms with Gasteiger partial charge in [0, 0.05) is 17.3 Å². The molecule has 1 aliphatic heterocycles. The summed E-state index contributed by atoms with van der Waals surface area (Å²) in [6.45, 7) is 4.95. The first kappa shape index (κ1) is 13.6. The molecule has 0 bridgehead atoms. The molecule has 6 nitrogen and oxygen atoms in total. The third kappa shape index (κ3) is 2.35. The van der Waals surface area contributed by atoms with E-state index in [2.05, 4.69) is 38.4 Å². The maximum Gasteiger partial charge on any atom is 0.147 e. The molecule has 1 N–H and O–H groups in total. The van der Waals surface area contributed by atoms with Gasteiger partial charge in [0.1, 0.15) is 28.6 Å². The average Bonchev–Trinajstić information content (AvgIpc) is 3.09. The van der Waals surface area contributed by atoms with Crippen molar-refractivity contribution in [2.75, 3.05) is 5.32 Å².